The van der Waals surface area contributed by atoms with Crippen LogP contribution in [-0.2, 0) is 9.59 Å². The molecule has 1 aromatic carbocycles. The molecule has 1 fully saturated rings. The third-order valence-electron chi connectivity index (χ3n) is 5.18. The zero-order valence-electron chi connectivity index (χ0n) is 15.0. The average molecular weight is 359 g/mol. The number of aliphatic carboxylic acids is 1. The molecule has 7 heteroatoms. The fourth-order valence-electron chi connectivity index (χ4n) is 3.73. The van der Waals surface area contributed by atoms with E-state index in [0.29, 0.717) is 37.2 Å². The molecule has 1 aromatic rings. The van der Waals surface area contributed by atoms with Crippen LogP contribution in [-0.4, -0.2) is 54.0 Å². The number of carbonyl (C=O) groups excluding carboxylic acids is 2. The molecule has 2 N–H and O–H groups in total. The second-order valence-electron chi connectivity index (χ2n) is 7.03. The Morgan fingerprint density at radius 2 is 2.08 bits per heavy atom. The summed E-state index contributed by atoms with van der Waals surface area (Å²) in [5.41, 5.74) is 2.08. The highest BCUT2D eigenvalue weighted by molar-refractivity contribution is 6.01. The van der Waals surface area contributed by atoms with Crippen LogP contribution in [0.1, 0.15) is 48.9 Å². The van der Waals surface area contributed by atoms with E-state index in [1.807, 2.05) is 18.0 Å². The van der Waals surface area contributed by atoms with Crippen LogP contribution in [0.2, 0.25) is 0 Å². The molecule has 0 spiro atoms. The molecule has 0 aliphatic carbocycles. The number of fused-ring (bicyclic) bond motifs is 1. The van der Waals surface area contributed by atoms with Gasteiger partial charge in [-0.2, -0.15) is 0 Å². The van der Waals surface area contributed by atoms with Gasteiger partial charge in [-0.1, -0.05) is 0 Å². The molecule has 2 heterocycles. The molecule has 26 heavy (non-hydrogen) atoms. The quantitative estimate of drug-likeness (QED) is 0.861. The molecular formula is C19H25N3O4. The molecule has 0 bridgehead atoms. The Kier molecular flexibility index (Phi) is 5.44. The number of carbonyl (C=O) groups is 3. The van der Waals surface area contributed by atoms with Crippen molar-refractivity contribution < 1.29 is 19.5 Å². The number of piperidine rings is 1. The van der Waals surface area contributed by atoms with E-state index >= 15 is 0 Å². The monoisotopic (exact) mass is 359 g/mol. The van der Waals surface area contributed by atoms with Crippen molar-refractivity contribution in [3.05, 3.63) is 23.8 Å². The van der Waals surface area contributed by atoms with Gasteiger partial charge in [0.25, 0.3) is 5.91 Å². The van der Waals surface area contributed by atoms with Crippen molar-refractivity contribution in [2.24, 2.45) is 0 Å². The number of likely N-dealkylation sites (tertiary alicyclic amines) is 1. The molecule has 0 saturated carbocycles. The number of benzene rings is 1. The van der Waals surface area contributed by atoms with Gasteiger partial charge in [-0.05, 0) is 43.9 Å². The first kappa shape index (κ1) is 18.2. The van der Waals surface area contributed by atoms with Gasteiger partial charge in [0.15, 0.2) is 0 Å². The van der Waals surface area contributed by atoms with Crippen molar-refractivity contribution in [2.45, 2.75) is 44.6 Å². The summed E-state index contributed by atoms with van der Waals surface area (Å²) in [6, 6.07) is 5.35. The van der Waals surface area contributed by atoms with E-state index in [0.717, 1.165) is 24.9 Å². The van der Waals surface area contributed by atoms with Crippen LogP contribution >= 0.6 is 0 Å². The Morgan fingerprint density at radius 3 is 2.85 bits per heavy atom. The highest BCUT2D eigenvalue weighted by Gasteiger charge is 2.28. The van der Waals surface area contributed by atoms with E-state index in [1.165, 1.54) is 0 Å². The van der Waals surface area contributed by atoms with E-state index in [4.69, 9.17) is 5.11 Å². The third kappa shape index (κ3) is 3.98. The van der Waals surface area contributed by atoms with Crippen molar-refractivity contribution in [1.29, 1.82) is 0 Å². The van der Waals surface area contributed by atoms with Crippen LogP contribution in [0.3, 0.4) is 0 Å². The summed E-state index contributed by atoms with van der Waals surface area (Å²) >= 11 is 0. The fourth-order valence-corrected chi connectivity index (χ4v) is 3.73. The number of rotatable bonds is 4. The first-order valence-corrected chi connectivity index (χ1v) is 9.13. The molecule has 1 saturated heterocycles. The zero-order valence-corrected chi connectivity index (χ0v) is 15.0. The highest BCUT2D eigenvalue weighted by Crippen LogP contribution is 2.30. The average Bonchev–Trinajstić information content (AvgIpc) is 2.77. The molecule has 2 amide bonds. The number of nitrogens with zero attached hydrogens (tertiary/aromatic N) is 2. The summed E-state index contributed by atoms with van der Waals surface area (Å²) in [5.74, 6) is -0.986. The standard InChI is InChI=1S/C19H25N3O4/c1-21-11-9-17(23)20-15-12-13(5-7-16(15)21)19(26)22-10-3-2-4-14(22)6-8-18(24)25/h5,7,12,14H,2-4,6,8-11H2,1H3,(H,20,23)(H,24,25). The largest absolute Gasteiger partial charge is 0.481 e. The van der Waals surface area contributed by atoms with E-state index in [2.05, 4.69) is 5.32 Å². The Morgan fingerprint density at radius 1 is 1.27 bits per heavy atom. The van der Waals surface area contributed by atoms with Crippen molar-refractivity contribution >= 4 is 29.2 Å². The van der Waals surface area contributed by atoms with Gasteiger partial charge < -0.3 is 20.2 Å². The first-order chi connectivity index (χ1) is 12.5. The molecule has 1 unspecified atom stereocenters. The smallest absolute Gasteiger partial charge is 0.303 e. The van der Waals surface area contributed by atoms with E-state index < -0.39 is 5.97 Å². The highest BCUT2D eigenvalue weighted by atomic mass is 16.4. The van der Waals surface area contributed by atoms with Gasteiger partial charge in [-0.25, -0.2) is 0 Å². The molecule has 3 rings (SSSR count). The first-order valence-electron chi connectivity index (χ1n) is 9.13. The minimum atomic E-state index is -0.834. The van der Waals surface area contributed by atoms with Crippen LogP contribution in [0.4, 0.5) is 11.4 Å². The Balaban J connectivity index is 1.82. The van der Waals surface area contributed by atoms with Crippen LogP contribution in [0.25, 0.3) is 0 Å². The van der Waals surface area contributed by atoms with Gasteiger partial charge in [0.2, 0.25) is 5.91 Å². The number of hydrogen-bond donors (Lipinski definition) is 2. The number of carboxylic acid groups (broad SMARTS) is 1. The summed E-state index contributed by atoms with van der Waals surface area (Å²) in [6.45, 7) is 1.28. The number of amides is 2. The van der Waals surface area contributed by atoms with Crippen molar-refractivity contribution in [1.82, 2.24) is 4.90 Å². The van der Waals surface area contributed by atoms with E-state index in [9.17, 15) is 14.4 Å². The second kappa shape index (κ2) is 7.76. The lowest BCUT2D eigenvalue weighted by Crippen LogP contribution is -2.44. The topological polar surface area (TPSA) is 90.0 Å². The van der Waals surface area contributed by atoms with Crippen LogP contribution in [0, 0.1) is 0 Å². The summed E-state index contributed by atoms with van der Waals surface area (Å²) in [6.07, 6.45) is 3.74. The summed E-state index contributed by atoms with van der Waals surface area (Å²) in [4.78, 5) is 39.6. The van der Waals surface area contributed by atoms with Crippen LogP contribution in [0.15, 0.2) is 18.2 Å². The minimum absolute atomic E-state index is 0.0385. The molecule has 0 radical (unpaired) electrons. The number of nitrogens with one attached hydrogen (secondary N) is 1. The van der Waals surface area contributed by atoms with Crippen LogP contribution in [0.5, 0.6) is 0 Å². The maximum atomic E-state index is 13.0. The summed E-state index contributed by atoms with van der Waals surface area (Å²) in [5, 5.41) is 11.8. The van der Waals surface area contributed by atoms with Crippen LogP contribution < -0.4 is 10.2 Å². The SMILES string of the molecule is CN1CCC(=O)Nc2cc(C(=O)N3CCCCC3CCC(=O)O)ccc21. The molecule has 2 aliphatic rings. The maximum Gasteiger partial charge on any atom is 0.303 e. The number of carboxylic acids is 1. The third-order valence-corrected chi connectivity index (χ3v) is 5.18. The lowest BCUT2D eigenvalue weighted by molar-refractivity contribution is -0.137. The van der Waals surface area contributed by atoms with Crippen molar-refractivity contribution in [3.8, 4) is 0 Å². The van der Waals surface area contributed by atoms with Gasteiger partial charge in [0.05, 0.1) is 11.4 Å². The molecule has 2 aliphatic heterocycles. The summed E-state index contributed by atoms with van der Waals surface area (Å²) < 4.78 is 0. The van der Waals surface area contributed by atoms with E-state index in [-0.39, 0.29) is 24.3 Å². The van der Waals surface area contributed by atoms with Crippen molar-refractivity contribution in [3.63, 3.8) is 0 Å². The molecule has 7 nitrogen and oxygen atoms in total. The van der Waals surface area contributed by atoms with Gasteiger partial charge >= 0.3 is 5.97 Å². The Hall–Kier alpha value is -2.57. The predicted molar refractivity (Wildman–Crippen MR) is 98.5 cm³/mol. The maximum absolute atomic E-state index is 13.0. The lowest BCUT2D eigenvalue weighted by atomic mass is 9.96. The van der Waals surface area contributed by atoms with Gasteiger partial charge in [0, 0.05) is 44.6 Å². The van der Waals surface area contributed by atoms with Crippen molar-refractivity contribution in [2.75, 3.05) is 30.4 Å². The zero-order chi connectivity index (χ0) is 18.7. The molecule has 0 aromatic heterocycles. The predicted octanol–water partition coefficient (Wildman–Crippen LogP) is 2.32. The molecule has 1 atom stereocenters. The minimum Gasteiger partial charge on any atom is -0.481 e. The van der Waals surface area contributed by atoms with Gasteiger partial charge in [-0.15, -0.1) is 0 Å². The fraction of sp³-hybridized carbons (Fsp3) is 0.526. The van der Waals surface area contributed by atoms with E-state index in [1.54, 1.807) is 17.0 Å². The number of anilines is 2. The van der Waals surface area contributed by atoms with Gasteiger partial charge in [-0.3, -0.25) is 14.4 Å². The molecule has 140 valence electrons. The summed E-state index contributed by atoms with van der Waals surface area (Å²) in [7, 11) is 1.92. The van der Waals surface area contributed by atoms with Gasteiger partial charge in [0.1, 0.15) is 0 Å². The lowest BCUT2D eigenvalue weighted by Gasteiger charge is -2.36. The Labute approximate surface area is 153 Å². The normalized spacial score (nSPS) is 20.2. The molecular weight excluding hydrogens is 334 g/mol. The number of hydrogen-bond acceptors (Lipinski definition) is 4. The second-order valence-corrected chi connectivity index (χ2v) is 7.03. The Bertz CT molecular complexity index is 719.